The zero-order valence-corrected chi connectivity index (χ0v) is 10.3. The molecule has 0 saturated carbocycles. The fourth-order valence-electron chi connectivity index (χ4n) is 2.52. The van der Waals surface area contributed by atoms with Crippen molar-refractivity contribution >= 4 is 5.84 Å². The van der Waals surface area contributed by atoms with E-state index >= 15 is 0 Å². The van der Waals surface area contributed by atoms with Gasteiger partial charge in [0.1, 0.15) is 11.5 Å². The van der Waals surface area contributed by atoms with Crippen LogP contribution in [0.2, 0.25) is 0 Å². The molecule has 1 saturated heterocycles. The second kappa shape index (κ2) is 5.27. The third-order valence-corrected chi connectivity index (χ3v) is 3.46. The summed E-state index contributed by atoms with van der Waals surface area (Å²) in [5.41, 5.74) is 7.23. The van der Waals surface area contributed by atoms with Crippen LogP contribution in [-0.4, -0.2) is 28.3 Å². The van der Waals surface area contributed by atoms with Gasteiger partial charge in [-0.15, -0.1) is 0 Å². The largest absolute Gasteiger partial charge is 0.382 e. The average Bonchev–Trinajstić information content (AvgIpc) is 2.76. The minimum absolute atomic E-state index is 0.0420. The summed E-state index contributed by atoms with van der Waals surface area (Å²) in [6.45, 7) is 4.37. The summed E-state index contributed by atoms with van der Waals surface area (Å²) in [6.07, 6.45) is 5.55. The Balaban J connectivity index is 2.07. The van der Waals surface area contributed by atoms with Gasteiger partial charge in [0.2, 0.25) is 0 Å². The second-order valence-corrected chi connectivity index (χ2v) is 4.64. The number of nitrogens with zero attached hydrogens (tertiary/aromatic N) is 2. The van der Waals surface area contributed by atoms with E-state index in [0.717, 1.165) is 6.54 Å². The van der Waals surface area contributed by atoms with Crippen molar-refractivity contribution in [3.05, 3.63) is 29.6 Å². The predicted molar refractivity (Wildman–Crippen MR) is 69.0 cm³/mol. The van der Waals surface area contributed by atoms with Crippen LogP contribution in [0.4, 0.5) is 0 Å². The van der Waals surface area contributed by atoms with Gasteiger partial charge in [-0.25, -0.2) is 0 Å². The molecule has 4 heteroatoms. The molecule has 0 spiro atoms. The molecule has 2 rings (SSSR count). The number of rotatable bonds is 4. The van der Waals surface area contributed by atoms with Crippen molar-refractivity contribution in [3.63, 3.8) is 0 Å². The zero-order valence-electron chi connectivity index (χ0n) is 10.3. The number of likely N-dealkylation sites (tertiary alicyclic amines) is 1. The molecule has 0 amide bonds. The van der Waals surface area contributed by atoms with E-state index in [0.29, 0.717) is 11.7 Å². The van der Waals surface area contributed by atoms with Gasteiger partial charge in [0.05, 0.1) is 0 Å². The summed E-state index contributed by atoms with van der Waals surface area (Å²) in [7, 11) is 0. The van der Waals surface area contributed by atoms with Crippen LogP contribution in [0, 0.1) is 5.41 Å². The highest BCUT2D eigenvalue weighted by molar-refractivity contribution is 5.93. The molecule has 3 N–H and O–H groups in total. The molecule has 92 valence electrons. The van der Waals surface area contributed by atoms with Crippen LogP contribution in [-0.2, 0) is 6.54 Å². The van der Waals surface area contributed by atoms with Crippen molar-refractivity contribution in [2.45, 2.75) is 38.8 Å². The van der Waals surface area contributed by atoms with E-state index in [9.17, 15) is 0 Å². The van der Waals surface area contributed by atoms with Crippen LogP contribution in [0.5, 0.6) is 0 Å². The predicted octanol–water partition coefficient (Wildman–Crippen LogP) is 1.74. The third kappa shape index (κ3) is 2.82. The summed E-state index contributed by atoms with van der Waals surface area (Å²) in [5, 5.41) is 7.39. The first-order valence-corrected chi connectivity index (χ1v) is 6.24. The maximum atomic E-state index is 7.39. The van der Waals surface area contributed by atoms with Crippen molar-refractivity contribution in [2.75, 3.05) is 6.54 Å². The first-order valence-electron chi connectivity index (χ1n) is 6.24. The summed E-state index contributed by atoms with van der Waals surface area (Å²) >= 11 is 0. The Labute approximate surface area is 102 Å². The van der Waals surface area contributed by atoms with E-state index in [1.807, 2.05) is 12.1 Å². The zero-order chi connectivity index (χ0) is 12.3. The molecule has 4 nitrogen and oxygen atoms in total. The third-order valence-electron chi connectivity index (χ3n) is 3.46. The van der Waals surface area contributed by atoms with E-state index in [1.54, 1.807) is 6.20 Å². The van der Waals surface area contributed by atoms with Crippen molar-refractivity contribution in [1.29, 1.82) is 5.41 Å². The van der Waals surface area contributed by atoms with Crippen LogP contribution < -0.4 is 5.73 Å². The van der Waals surface area contributed by atoms with Crippen LogP contribution in [0.15, 0.2) is 18.3 Å². The number of pyridine rings is 1. The van der Waals surface area contributed by atoms with Gasteiger partial charge in [-0.1, -0.05) is 6.92 Å². The molecule has 1 fully saturated rings. The SMILES string of the molecule is CCC1CCCN1Cc1ccnc(C(=N)N)c1. The Bertz CT molecular complexity index is 402. The topological polar surface area (TPSA) is 66.0 Å². The second-order valence-electron chi connectivity index (χ2n) is 4.64. The van der Waals surface area contributed by atoms with Gasteiger partial charge in [0, 0.05) is 18.8 Å². The van der Waals surface area contributed by atoms with Crippen LogP contribution in [0.25, 0.3) is 0 Å². The van der Waals surface area contributed by atoms with Gasteiger partial charge in [0.25, 0.3) is 0 Å². The lowest BCUT2D eigenvalue weighted by Crippen LogP contribution is -2.28. The Morgan fingerprint density at radius 2 is 2.47 bits per heavy atom. The first-order chi connectivity index (χ1) is 8.20. The van der Waals surface area contributed by atoms with Gasteiger partial charge < -0.3 is 5.73 Å². The molecule has 1 aromatic heterocycles. The van der Waals surface area contributed by atoms with Crippen LogP contribution in [0.1, 0.15) is 37.4 Å². The van der Waals surface area contributed by atoms with E-state index < -0.39 is 0 Å². The van der Waals surface area contributed by atoms with Gasteiger partial charge in [-0.05, 0) is 43.5 Å². The van der Waals surface area contributed by atoms with Crippen molar-refractivity contribution in [2.24, 2.45) is 5.73 Å². The molecule has 0 aromatic carbocycles. The molecule has 1 unspecified atom stereocenters. The molecule has 1 aliphatic heterocycles. The molecule has 1 aliphatic rings. The summed E-state index contributed by atoms with van der Waals surface area (Å²) < 4.78 is 0. The number of nitrogen functional groups attached to an aromatic ring is 1. The molecule has 1 aromatic rings. The lowest BCUT2D eigenvalue weighted by molar-refractivity contribution is 0.240. The molecule has 0 radical (unpaired) electrons. The molecule has 17 heavy (non-hydrogen) atoms. The molecule has 0 aliphatic carbocycles. The van der Waals surface area contributed by atoms with Crippen molar-refractivity contribution in [3.8, 4) is 0 Å². The highest BCUT2D eigenvalue weighted by Crippen LogP contribution is 2.22. The fourth-order valence-corrected chi connectivity index (χ4v) is 2.52. The Hall–Kier alpha value is -1.42. The van der Waals surface area contributed by atoms with Crippen LogP contribution in [0.3, 0.4) is 0 Å². The maximum absolute atomic E-state index is 7.39. The van der Waals surface area contributed by atoms with Crippen molar-refractivity contribution < 1.29 is 0 Å². The summed E-state index contributed by atoms with van der Waals surface area (Å²) in [4.78, 5) is 6.60. The standard InChI is InChI=1S/C13H20N4/c1-2-11-4-3-7-17(11)9-10-5-6-16-12(8-10)13(14)15/h5-6,8,11H,2-4,7,9H2,1H3,(H3,14,15). The van der Waals surface area contributed by atoms with E-state index in [2.05, 4.69) is 16.8 Å². The van der Waals surface area contributed by atoms with Gasteiger partial charge in [0.15, 0.2) is 0 Å². The van der Waals surface area contributed by atoms with Crippen LogP contribution >= 0.6 is 0 Å². The molecular formula is C13H20N4. The van der Waals surface area contributed by atoms with Gasteiger partial charge in [-0.2, -0.15) is 0 Å². The molecular weight excluding hydrogens is 212 g/mol. The number of nitrogens with one attached hydrogen (secondary N) is 1. The first kappa shape index (κ1) is 12.0. The molecule has 0 bridgehead atoms. The number of hydrogen-bond acceptors (Lipinski definition) is 3. The number of amidine groups is 1. The fraction of sp³-hybridized carbons (Fsp3) is 0.538. The summed E-state index contributed by atoms with van der Waals surface area (Å²) in [6, 6.07) is 4.65. The number of aromatic nitrogens is 1. The van der Waals surface area contributed by atoms with Crippen molar-refractivity contribution in [1.82, 2.24) is 9.88 Å². The molecule has 2 heterocycles. The highest BCUT2D eigenvalue weighted by atomic mass is 15.2. The maximum Gasteiger partial charge on any atom is 0.141 e. The lowest BCUT2D eigenvalue weighted by Gasteiger charge is -2.23. The Morgan fingerprint density at radius 3 is 3.18 bits per heavy atom. The normalized spacial score (nSPS) is 20.6. The van der Waals surface area contributed by atoms with E-state index in [1.165, 1.54) is 31.4 Å². The average molecular weight is 232 g/mol. The minimum Gasteiger partial charge on any atom is -0.382 e. The Morgan fingerprint density at radius 1 is 1.65 bits per heavy atom. The van der Waals surface area contributed by atoms with Gasteiger partial charge in [-0.3, -0.25) is 15.3 Å². The minimum atomic E-state index is 0.0420. The van der Waals surface area contributed by atoms with E-state index in [-0.39, 0.29) is 5.84 Å². The summed E-state index contributed by atoms with van der Waals surface area (Å²) in [5.74, 6) is 0.0420. The highest BCUT2D eigenvalue weighted by Gasteiger charge is 2.22. The molecule has 1 atom stereocenters. The quantitative estimate of drug-likeness (QED) is 0.614. The van der Waals surface area contributed by atoms with Gasteiger partial charge >= 0.3 is 0 Å². The van der Waals surface area contributed by atoms with E-state index in [4.69, 9.17) is 11.1 Å². The monoisotopic (exact) mass is 232 g/mol. The number of nitrogens with two attached hydrogens (primary N) is 1. The Kier molecular flexibility index (Phi) is 3.74. The lowest BCUT2D eigenvalue weighted by atomic mass is 10.1. The smallest absolute Gasteiger partial charge is 0.141 e. The number of hydrogen-bond donors (Lipinski definition) is 2.